The van der Waals surface area contributed by atoms with E-state index in [1.807, 2.05) is 18.2 Å². The standard InChI is InChI=1S/C15H17NO/c1-10-7-13-15(14(17)8-10)12(9-16-13)11-5-3-2-4-6-11/h2-6,10,12,16H,7-9H2,1H3. The Kier molecular flexibility index (Phi) is 2.50. The van der Waals surface area contributed by atoms with Gasteiger partial charge in [-0.25, -0.2) is 0 Å². The number of nitrogens with one attached hydrogen (secondary N) is 1. The molecule has 3 rings (SSSR count). The Labute approximate surface area is 102 Å². The van der Waals surface area contributed by atoms with Gasteiger partial charge in [-0.05, 0) is 17.9 Å². The molecule has 0 saturated heterocycles. The zero-order valence-electron chi connectivity index (χ0n) is 10.1. The zero-order valence-corrected chi connectivity index (χ0v) is 10.1. The lowest BCUT2D eigenvalue weighted by atomic mass is 9.81. The number of rotatable bonds is 1. The van der Waals surface area contributed by atoms with Gasteiger partial charge in [0.05, 0.1) is 0 Å². The summed E-state index contributed by atoms with van der Waals surface area (Å²) in [7, 11) is 0. The number of hydrogen-bond acceptors (Lipinski definition) is 2. The molecule has 17 heavy (non-hydrogen) atoms. The monoisotopic (exact) mass is 227 g/mol. The van der Waals surface area contributed by atoms with E-state index < -0.39 is 0 Å². The van der Waals surface area contributed by atoms with Gasteiger partial charge in [-0.3, -0.25) is 4.79 Å². The molecule has 1 heterocycles. The van der Waals surface area contributed by atoms with E-state index in [-0.39, 0.29) is 5.92 Å². The molecule has 2 unspecified atom stereocenters. The summed E-state index contributed by atoms with van der Waals surface area (Å²) in [4.78, 5) is 12.2. The summed E-state index contributed by atoms with van der Waals surface area (Å²) >= 11 is 0. The molecule has 2 nitrogen and oxygen atoms in total. The van der Waals surface area contributed by atoms with Crippen molar-refractivity contribution in [1.29, 1.82) is 0 Å². The highest BCUT2D eigenvalue weighted by atomic mass is 16.1. The van der Waals surface area contributed by atoms with Gasteiger partial charge in [0.2, 0.25) is 0 Å². The molecule has 0 aromatic heterocycles. The predicted molar refractivity (Wildman–Crippen MR) is 67.6 cm³/mol. The van der Waals surface area contributed by atoms with Gasteiger partial charge in [-0.2, -0.15) is 0 Å². The smallest absolute Gasteiger partial charge is 0.161 e. The van der Waals surface area contributed by atoms with Gasteiger partial charge in [-0.1, -0.05) is 37.3 Å². The van der Waals surface area contributed by atoms with Crippen molar-refractivity contribution < 1.29 is 4.79 Å². The van der Waals surface area contributed by atoms with Crippen LogP contribution in [0.5, 0.6) is 0 Å². The van der Waals surface area contributed by atoms with Crippen LogP contribution in [0.3, 0.4) is 0 Å². The van der Waals surface area contributed by atoms with Crippen LogP contribution in [0.1, 0.15) is 31.2 Å². The molecule has 1 aromatic rings. The van der Waals surface area contributed by atoms with Crippen molar-refractivity contribution >= 4 is 5.78 Å². The zero-order chi connectivity index (χ0) is 11.8. The van der Waals surface area contributed by atoms with E-state index in [0.717, 1.165) is 18.5 Å². The molecule has 2 aliphatic rings. The maximum absolute atomic E-state index is 12.2. The normalized spacial score (nSPS) is 27.9. The van der Waals surface area contributed by atoms with Crippen molar-refractivity contribution in [3.8, 4) is 0 Å². The maximum atomic E-state index is 12.2. The van der Waals surface area contributed by atoms with Gasteiger partial charge in [0.15, 0.2) is 5.78 Å². The lowest BCUT2D eigenvalue weighted by Gasteiger charge is -2.21. The molecule has 1 aliphatic heterocycles. The number of allylic oxidation sites excluding steroid dienone is 1. The lowest BCUT2D eigenvalue weighted by molar-refractivity contribution is -0.117. The highest BCUT2D eigenvalue weighted by molar-refractivity contribution is 5.99. The summed E-state index contributed by atoms with van der Waals surface area (Å²) in [5.41, 5.74) is 3.50. The van der Waals surface area contributed by atoms with Crippen molar-refractivity contribution in [3.05, 3.63) is 47.2 Å². The molecule has 2 atom stereocenters. The summed E-state index contributed by atoms with van der Waals surface area (Å²) in [5, 5.41) is 3.43. The summed E-state index contributed by atoms with van der Waals surface area (Å²) in [6.07, 6.45) is 1.74. The van der Waals surface area contributed by atoms with Crippen LogP contribution in [0, 0.1) is 5.92 Å². The minimum atomic E-state index is 0.270. The average molecular weight is 227 g/mol. The number of carbonyl (C=O) groups is 1. The minimum Gasteiger partial charge on any atom is -0.387 e. The molecule has 1 N–H and O–H groups in total. The quantitative estimate of drug-likeness (QED) is 0.799. The first-order chi connectivity index (χ1) is 8.25. The summed E-state index contributed by atoms with van der Waals surface area (Å²) in [6.45, 7) is 3.03. The van der Waals surface area contributed by atoms with E-state index in [4.69, 9.17) is 0 Å². The lowest BCUT2D eigenvalue weighted by Crippen LogP contribution is -2.19. The van der Waals surface area contributed by atoms with E-state index in [9.17, 15) is 4.79 Å². The van der Waals surface area contributed by atoms with Crippen molar-refractivity contribution in [2.45, 2.75) is 25.7 Å². The summed E-state index contributed by atoms with van der Waals surface area (Å²) in [5.74, 6) is 1.10. The highest BCUT2D eigenvalue weighted by Crippen LogP contribution is 2.38. The second-order valence-electron chi connectivity index (χ2n) is 5.17. The first-order valence-electron chi connectivity index (χ1n) is 6.30. The molecule has 0 saturated carbocycles. The van der Waals surface area contributed by atoms with Crippen molar-refractivity contribution in [1.82, 2.24) is 5.32 Å². The van der Waals surface area contributed by atoms with Crippen molar-refractivity contribution in [2.75, 3.05) is 6.54 Å². The second kappa shape index (κ2) is 4.02. The van der Waals surface area contributed by atoms with Crippen LogP contribution in [-0.2, 0) is 4.79 Å². The molecular weight excluding hydrogens is 210 g/mol. The number of ketones is 1. The van der Waals surface area contributed by atoms with Crippen LogP contribution in [-0.4, -0.2) is 12.3 Å². The van der Waals surface area contributed by atoms with Gasteiger partial charge in [0, 0.05) is 30.2 Å². The van der Waals surface area contributed by atoms with Crippen molar-refractivity contribution in [3.63, 3.8) is 0 Å². The van der Waals surface area contributed by atoms with Gasteiger partial charge in [0.1, 0.15) is 0 Å². The third-order valence-electron chi connectivity index (χ3n) is 3.78. The highest BCUT2D eigenvalue weighted by Gasteiger charge is 2.35. The van der Waals surface area contributed by atoms with E-state index >= 15 is 0 Å². The Morgan fingerprint density at radius 2 is 1.94 bits per heavy atom. The molecule has 1 aromatic carbocycles. The Bertz CT molecular complexity index is 475. The van der Waals surface area contributed by atoms with E-state index in [1.54, 1.807) is 0 Å². The van der Waals surface area contributed by atoms with Crippen LogP contribution in [0.25, 0.3) is 0 Å². The van der Waals surface area contributed by atoms with Gasteiger partial charge >= 0.3 is 0 Å². The molecule has 0 bridgehead atoms. The molecule has 0 amide bonds. The molecule has 0 radical (unpaired) electrons. The van der Waals surface area contributed by atoms with E-state index in [2.05, 4.69) is 24.4 Å². The van der Waals surface area contributed by atoms with Crippen molar-refractivity contribution in [2.24, 2.45) is 5.92 Å². The number of Topliss-reactive ketones (excluding diaryl/α,β-unsaturated/α-hetero) is 1. The molecule has 1 aliphatic carbocycles. The third kappa shape index (κ3) is 1.78. The second-order valence-corrected chi connectivity index (χ2v) is 5.17. The van der Waals surface area contributed by atoms with Crippen LogP contribution in [0.2, 0.25) is 0 Å². The first kappa shape index (κ1) is 10.6. The molecule has 88 valence electrons. The van der Waals surface area contributed by atoms with Crippen LogP contribution >= 0.6 is 0 Å². The number of carbonyl (C=O) groups excluding carboxylic acids is 1. The van der Waals surface area contributed by atoms with Crippen LogP contribution in [0.4, 0.5) is 0 Å². The maximum Gasteiger partial charge on any atom is 0.161 e. The van der Waals surface area contributed by atoms with Gasteiger partial charge in [-0.15, -0.1) is 0 Å². The minimum absolute atomic E-state index is 0.270. The van der Waals surface area contributed by atoms with Crippen LogP contribution < -0.4 is 5.32 Å². The summed E-state index contributed by atoms with van der Waals surface area (Å²) in [6, 6.07) is 10.3. The average Bonchev–Trinajstić information content (AvgIpc) is 2.74. The SMILES string of the molecule is CC1CC(=O)C2=C(C1)NCC2c1ccccc1. The Balaban J connectivity index is 1.98. The van der Waals surface area contributed by atoms with Gasteiger partial charge in [0.25, 0.3) is 0 Å². The fourth-order valence-corrected chi connectivity index (χ4v) is 2.99. The molecule has 2 heteroatoms. The molecular formula is C15H17NO. The Morgan fingerprint density at radius 3 is 2.71 bits per heavy atom. The fourth-order valence-electron chi connectivity index (χ4n) is 2.99. The van der Waals surface area contributed by atoms with E-state index in [0.29, 0.717) is 18.1 Å². The van der Waals surface area contributed by atoms with Crippen LogP contribution in [0.15, 0.2) is 41.6 Å². The predicted octanol–water partition coefficient (Wildman–Crippen LogP) is 2.63. The summed E-state index contributed by atoms with van der Waals surface area (Å²) < 4.78 is 0. The van der Waals surface area contributed by atoms with Gasteiger partial charge < -0.3 is 5.32 Å². The topological polar surface area (TPSA) is 29.1 Å². The third-order valence-corrected chi connectivity index (χ3v) is 3.78. The fraction of sp³-hybridized carbons (Fsp3) is 0.400. The first-order valence-corrected chi connectivity index (χ1v) is 6.30. The Hall–Kier alpha value is -1.57. The number of benzene rings is 1. The van der Waals surface area contributed by atoms with E-state index in [1.165, 1.54) is 11.3 Å². The number of hydrogen-bond donors (Lipinski definition) is 1. The molecule has 0 fully saturated rings. The Morgan fingerprint density at radius 1 is 1.18 bits per heavy atom. The molecule has 0 spiro atoms. The largest absolute Gasteiger partial charge is 0.387 e.